The molecule has 26 heavy (non-hydrogen) atoms. The largest absolute Gasteiger partial charge is 0.250 e. The summed E-state index contributed by atoms with van der Waals surface area (Å²) in [6.07, 6.45) is 7.85. The Balaban J connectivity index is 1.85. The summed E-state index contributed by atoms with van der Waals surface area (Å²) in [5.41, 5.74) is 10.7. The maximum atomic E-state index is 4.77. The van der Waals surface area contributed by atoms with Gasteiger partial charge in [0.05, 0.1) is 6.20 Å². The number of fused-ring (bicyclic) bond motifs is 1. The first kappa shape index (κ1) is 17.0. The first-order chi connectivity index (χ1) is 12.7. The van der Waals surface area contributed by atoms with Gasteiger partial charge in [-0.1, -0.05) is 73.0 Å². The second-order valence-electron chi connectivity index (χ2n) is 7.56. The van der Waals surface area contributed by atoms with Crippen LogP contribution in [0.2, 0.25) is 0 Å². The molecule has 0 spiro atoms. The predicted molar refractivity (Wildman–Crippen MR) is 109 cm³/mol. The maximum absolute atomic E-state index is 4.77. The van der Waals surface area contributed by atoms with Gasteiger partial charge in [0.1, 0.15) is 0 Å². The van der Waals surface area contributed by atoms with E-state index in [1.807, 2.05) is 0 Å². The van der Waals surface area contributed by atoms with Crippen LogP contribution in [0.5, 0.6) is 0 Å². The lowest BCUT2D eigenvalue weighted by Crippen LogP contribution is -2.05. The van der Waals surface area contributed by atoms with Crippen LogP contribution in [-0.2, 0) is 12.8 Å². The Hall–Kier alpha value is -2.41. The zero-order chi connectivity index (χ0) is 18.1. The van der Waals surface area contributed by atoms with Crippen LogP contribution in [0.15, 0.2) is 48.5 Å². The third-order valence-electron chi connectivity index (χ3n) is 5.58. The molecule has 0 saturated heterocycles. The fourth-order valence-corrected chi connectivity index (χ4v) is 4.19. The molecule has 3 aromatic rings. The van der Waals surface area contributed by atoms with Gasteiger partial charge >= 0.3 is 0 Å². The summed E-state index contributed by atoms with van der Waals surface area (Å²) in [7, 11) is 0. The summed E-state index contributed by atoms with van der Waals surface area (Å²) >= 11 is 0. The zero-order valence-electron chi connectivity index (χ0n) is 16.0. The van der Waals surface area contributed by atoms with Crippen molar-refractivity contribution in [3.05, 3.63) is 88.2 Å². The maximum Gasteiger partial charge on any atom is 0.0977 e. The molecule has 1 unspecified atom stereocenters. The summed E-state index contributed by atoms with van der Waals surface area (Å²) < 4.78 is 0. The van der Waals surface area contributed by atoms with Crippen LogP contribution < -0.4 is 0 Å². The van der Waals surface area contributed by atoms with Crippen LogP contribution in [0, 0.1) is 20.0 Å². The molecule has 1 aliphatic carbocycles. The summed E-state index contributed by atoms with van der Waals surface area (Å²) in [6, 6.07) is 17.9. The summed E-state index contributed by atoms with van der Waals surface area (Å²) in [4.78, 5) is 4.77. The Morgan fingerprint density at radius 3 is 2.27 bits per heavy atom. The molecular formula is C25H26N. The normalized spacial score (nSPS) is 15.9. The van der Waals surface area contributed by atoms with Crippen molar-refractivity contribution in [2.75, 3.05) is 0 Å². The molecule has 1 radical (unpaired) electrons. The van der Waals surface area contributed by atoms with E-state index in [-0.39, 0.29) is 0 Å². The SMILES string of the molecule is CCCc1c(-c2ccc(C)cc2)[c]nc2c1C(c1ccc(C)cc1)CC2. The Morgan fingerprint density at radius 1 is 0.962 bits per heavy atom. The molecule has 131 valence electrons. The van der Waals surface area contributed by atoms with Crippen molar-refractivity contribution < 1.29 is 0 Å². The smallest absolute Gasteiger partial charge is 0.0977 e. The topological polar surface area (TPSA) is 12.9 Å². The van der Waals surface area contributed by atoms with Crippen LogP contribution in [0.25, 0.3) is 11.1 Å². The van der Waals surface area contributed by atoms with Crippen LogP contribution >= 0.6 is 0 Å². The van der Waals surface area contributed by atoms with E-state index in [2.05, 4.69) is 75.5 Å². The van der Waals surface area contributed by atoms with Crippen molar-refractivity contribution in [2.45, 2.75) is 52.4 Å². The highest BCUT2D eigenvalue weighted by atomic mass is 14.7. The molecule has 1 nitrogen and oxygen atoms in total. The van der Waals surface area contributed by atoms with E-state index in [4.69, 9.17) is 4.98 Å². The quantitative estimate of drug-likeness (QED) is 0.551. The second kappa shape index (κ2) is 7.07. The number of nitrogens with zero attached hydrogens (tertiary/aromatic N) is 1. The molecule has 0 saturated carbocycles. The number of aryl methyl sites for hydroxylation is 3. The number of hydrogen-bond donors (Lipinski definition) is 0. The molecule has 1 aliphatic rings. The molecule has 0 aliphatic heterocycles. The monoisotopic (exact) mass is 340 g/mol. The van der Waals surface area contributed by atoms with Gasteiger partial charge in [-0.3, -0.25) is 4.98 Å². The number of hydrogen-bond acceptors (Lipinski definition) is 1. The average molecular weight is 340 g/mol. The standard InChI is InChI=1S/C25H26N/c1-4-5-22-23(20-12-8-18(3)9-13-20)16-26-24-15-14-21(25(22)24)19-10-6-17(2)7-11-19/h6-13,21H,4-5,14-15H2,1-3H3. The molecular weight excluding hydrogens is 314 g/mol. The highest BCUT2D eigenvalue weighted by Crippen LogP contribution is 2.42. The van der Waals surface area contributed by atoms with Crippen LogP contribution in [0.1, 0.15) is 59.2 Å². The van der Waals surface area contributed by atoms with Gasteiger partial charge in [0.25, 0.3) is 0 Å². The van der Waals surface area contributed by atoms with Crippen LogP contribution in [0.4, 0.5) is 0 Å². The van der Waals surface area contributed by atoms with E-state index in [1.165, 1.54) is 44.6 Å². The predicted octanol–water partition coefficient (Wildman–Crippen LogP) is 6.20. The van der Waals surface area contributed by atoms with Crippen molar-refractivity contribution >= 4 is 0 Å². The van der Waals surface area contributed by atoms with Crippen molar-refractivity contribution in [3.8, 4) is 11.1 Å². The van der Waals surface area contributed by atoms with Crippen LogP contribution in [0.3, 0.4) is 0 Å². The second-order valence-corrected chi connectivity index (χ2v) is 7.56. The van der Waals surface area contributed by atoms with Gasteiger partial charge in [-0.2, -0.15) is 0 Å². The molecule has 1 heterocycles. The third kappa shape index (κ3) is 3.07. The van der Waals surface area contributed by atoms with Gasteiger partial charge in [-0.05, 0) is 55.4 Å². The summed E-state index contributed by atoms with van der Waals surface area (Å²) in [5, 5.41) is 0. The van der Waals surface area contributed by atoms with E-state index < -0.39 is 0 Å². The van der Waals surface area contributed by atoms with E-state index >= 15 is 0 Å². The van der Waals surface area contributed by atoms with E-state index in [0.717, 1.165) is 25.7 Å². The van der Waals surface area contributed by atoms with Gasteiger partial charge in [0.15, 0.2) is 0 Å². The van der Waals surface area contributed by atoms with Gasteiger partial charge in [0.2, 0.25) is 0 Å². The lowest BCUT2D eigenvalue weighted by Gasteiger charge is -2.19. The van der Waals surface area contributed by atoms with E-state index in [1.54, 1.807) is 0 Å². The number of aromatic nitrogens is 1. The molecule has 0 fully saturated rings. The summed E-state index contributed by atoms with van der Waals surface area (Å²) in [6.45, 7) is 6.55. The fraction of sp³-hybridized carbons (Fsp3) is 0.320. The Bertz CT molecular complexity index is 904. The minimum absolute atomic E-state index is 0.471. The molecule has 0 bridgehead atoms. The Morgan fingerprint density at radius 2 is 1.62 bits per heavy atom. The minimum Gasteiger partial charge on any atom is -0.250 e. The number of rotatable bonds is 4. The van der Waals surface area contributed by atoms with E-state index in [0.29, 0.717) is 5.92 Å². The Kier molecular flexibility index (Phi) is 4.63. The molecule has 0 N–H and O–H groups in total. The summed E-state index contributed by atoms with van der Waals surface area (Å²) in [5.74, 6) is 0.471. The first-order valence-electron chi connectivity index (χ1n) is 9.74. The third-order valence-corrected chi connectivity index (χ3v) is 5.58. The molecule has 4 rings (SSSR count). The van der Waals surface area contributed by atoms with Gasteiger partial charge < -0.3 is 0 Å². The highest BCUT2D eigenvalue weighted by molar-refractivity contribution is 5.69. The minimum atomic E-state index is 0.471. The Labute approximate surface area is 157 Å². The van der Waals surface area contributed by atoms with Crippen molar-refractivity contribution in [2.24, 2.45) is 0 Å². The van der Waals surface area contributed by atoms with Gasteiger partial charge in [0, 0.05) is 17.2 Å². The molecule has 2 aromatic carbocycles. The number of pyridine rings is 1. The van der Waals surface area contributed by atoms with Crippen LogP contribution in [-0.4, -0.2) is 4.98 Å². The van der Waals surface area contributed by atoms with Gasteiger partial charge in [-0.15, -0.1) is 0 Å². The van der Waals surface area contributed by atoms with Crippen molar-refractivity contribution in [1.82, 2.24) is 4.98 Å². The molecule has 1 aromatic heterocycles. The lowest BCUT2D eigenvalue weighted by molar-refractivity contribution is 0.775. The highest BCUT2D eigenvalue weighted by Gasteiger charge is 2.29. The fourth-order valence-electron chi connectivity index (χ4n) is 4.19. The van der Waals surface area contributed by atoms with Gasteiger partial charge in [-0.25, -0.2) is 0 Å². The molecule has 1 atom stereocenters. The van der Waals surface area contributed by atoms with E-state index in [9.17, 15) is 0 Å². The molecule has 1 heteroatoms. The van der Waals surface area contributed by atoms with Crippen molar-refractivity contribution in [1.29, 1.82) is 0 Å². The number of benzene rings is 2. The zero-order valence-corrected chi connectivity index (χ0v) is 16.0. The first-order valence-corrected chi connectivity index (χ1v) is 9.74. The molecule has 0 amide bonds. The average Bonchev–Trinajstić information content (AvgIpc) is 3.08. The van der Waals surface area contributed by atoms with Crippen molar-refractivity contribution in [3.63, 3.8) is 0 Å². The lowest BCUT2D eigenvalue weighted by atomic mass is 9.86.